The van der Waals surface area contributed by atoms with Crippen LogP contribution in [0.5, 0.6) is 0 Å². The lowest BCUT2D eigenvalue weighted by Crippen LogP contribution is -2.38. The van der Waals surface area contributed by atoms with Gasteiger partial charge in [-0.3, -0.25) is 9.59 Å². The van der Waals surface area contributed by atoms with Crippen LogP contribution in [0.15, 0.2) is 65.3 Å². The van der Waals surface area contributed by atoms with Crippen molar-refractivity contribution in [3.05, 3.63) is 72.2 Å². The summed E-state index contributed by atoms with van der Waals surface area (Å²) in [5.74, 6) is 0.368. The molecule has 1 heterocycles. The van der Waals surface area contributed by atoms with Gasteiger partial charge in [-0.05, 0) is 28.5 Å². The fraction of sp³-hybridized carbons (Fsp3) is 0.200. The van der Waals surface area contributed by atoms with Gasteiger partial charge in [0.1, 0.15) is 5.76 Å². The number of hydrogen-bond acceptors (Lipinski definition) is 3. The minimum atomic E-state index is -0.217. The van der Waals surface area contributed by atoms with Gasteiger partial charge >= 0.3 is 0 Å². The first-order chi connectivity index (χ1) is 12.1. The number of hydrogen-bond donors (Lipinski definition) is 1. The first kappa shape index (κ1) is 16.8. The maximum absolute atomic E-state index is 12.5. The van der Waals surface area contributed by atoms with Crippen LogP contribution in [0, 0.1) is 0 Å². The lowest BCUT2D eigenvalue weighted by molar-refractivity contribution is -0.134. The molecule has 5 heteroatoms. The van der Waals surface area contributed by atoms with Gasteiger partial charge in [0.2, 0.25) is 11.8 Å². The smallest absolute Gasteiger partial charge is 0.239 e. The molecule has 3 rings (SSSR count). The van der Waals surface area contributed by atoms with E-state index in [4.69, 9.17) is 4.42 Å². The number of nitrogens with one attached hydrogen (secondary N) is 1. The number of carbonyl (C=O) groups excluding carboxylic acids is 2. The van der Waals surface area contributed by atoms with Crippen molar-refractivity contribution in [1.29, 1.82) is 0 Å². The lowest BCUT2D eigenvalue weighted by atomic mass is 10.0. The van der Waals surface area contributed by atoms with Crippen molar-refractivity contribution in [2.45, 2.75) is 13.0 Å². The molecule has 0 unspecified atom stereocenters. The van der Waals surface area contributed by atoms with E-state index in [0.29, 0.717) is 12.3 Å². The third-order valence-electron chi connectivity index (χ3n) is 4.07. The SMILES string of the molecule is CN(CC(=O)NCc1ccco1)C(=O)Cc1cccc2ccccc12. The van der Waals surface area contributed by atoms with E-state index < -0.39 is 0 Å². The lowest BCUT2D eigenvalue weighted by Gasteiger charge is -2.17. The van der Waals surface area contributed by atoms with Crippen LogP contribution in [0.4, 0.5) is 0 Å². The Morgan fingerprint density at radius 3 is 2.64 bits per heavy atom. The molecule has 0 aliphatic heterocycles. The number of benzene rings is 2. The largest absolute Gasteiger partial charge is 0.467 e. The second kappa shape index (κ2) is 7.66. The van der Waals surface area contributed by atoms with Crippen LogP contribution in [0.25, 0.3) is 10.8 Å². The average Bonchev–Trinajstić information content (AvgIpc) is 3.14. The van der Waals surface area contributed by atoms with Crippen LogP contribution in [-0.2, 0) is 22.6 Å². The molecule has 0 spiro atoms. The Kier molecular flexibility index (Phi) is 5.14. The molecule has 3 aromatic rings. The fourth-order valence-electron chi connectivity index (χ4n) is 2.70. The minimum absolute atomic E-state index is 0.0182. The van der Waals surface area contributed by atoms with Crippen LogP contribution < -0.4 is 5.32 Å². The standard InChI is InChI=1S/C20H20N2O3/c1-22(14-19(23)21-13-17-9-5-11-25-17)20(24)12-16-8-4-7-15-6-2-3-10-18(15)16/h2-11H,12-14H2,1H3,(H,21,23). The predicted molar refractivity (Wildman–Crippen MR) is 95.8 cm³/mol. The Labute approximate surface area is 146 Å². The molecule has 0 aliphatic rings. The molecule has 0 fully saturated rings. The Morgan fingerprint density at radius 2 is 1.84 bits per heavy atom. The van der Waals surface area contributed by atoms with Crippen molar-refractivity contribution >= 4 is 22.6 Å². The Hall–Kier alpha value is -3.08. The highest BCUT2D eigenvalue weighted by Crippen LogP contribution is 2.19. The van der Waals surface area contributed by atoms with Gasteiger partial charge in [0.15, 0.2) is 0 Å². The zero-order valence-electron chi connectivity index (χ0n) is 14.1. The van der Waals surface area contributed by atoms with Gasteiger partial charge in [-0.15, -0.1) is 0 Å². The van der Waals surface area contributed by atoms with Crippen LogP contribution in [0.2, 0.25) is 0 Å². The zero-order chi connectivity index (χ0) is 17.6. The topological polar surface area (TPSA) is 62.6 Å². The van der Waals surface area contributed by atoms with E-state index in [-0.39, 0.29) is 24.8 Å². The first-order valence-electron chi connectivity index (χ1n) is 8.13. The van der Waals surface area contributed by atoms with Gasteiger partial charge in [-0.2, -0.15) is 0 Å². The quantitative estimate of drug-likeness (QED) is 0.753. The van der Waals surface area contributed by atoms with Gasteiger partial charge in [0.25, 0.3) is 0 Å². The number of rotatable bonds is 6. The maximum atomic E-state index is 12.5. The van der Waals surface area contributed by atoms with Gasteiger partial charge < -0.3 is 14.6 Å². The van der Waals surface area contributed by atoms with E-state index in [9.17, 15) is 9.59 Å². The van der Waals surface area contributed by atoms with Crippen LogP contribution >= 0.6 is 0 Å². The van der Waals surface area contributed by atoms with E-state index in [0.717, 1.165) is 16.3 Å². The third-order valence-corrected chi connectivity index (χ3v) is 4.07. The summed E-state index contributed by atoms with van der Waals surface area (Å²) in [6, 6.07) is 17.4. The highest BCUT2D eigenvalue weighted by molar-refractivity contribution is 5.91. The molecule has 5 nitrogen and oxygen atoms in total. The predicted octanol–water partition coefficient (Wildman–Crippen LogP) is 2.75. The number of likely N-dealkylation sites (N-methyl/N-ethyl adjacent to an activating group) is 1. The van der Waals surface area contributed by atoms with Crippen LogP contribution in [-0.4, -0.2) is 30.3 Å². The number of nitrogens with zero attached hydrogens (tertiary/aromatic N) is 1. The molecule has 2 amide bonds. The summed E-state index contributed by atoms with van der Waals surface area (Å²) in [4.78, 5) is 25.9. The van der Waals surface area contributed by atoms with Crippen LogP contribution in [0.3, 0.4) is 0 Å². The second-order valence-electron chi connectivity index (χ2n) is 5.92. The molecule has 25 heavy (non-hydrogen) atoms. The molecule has 0 aliphatic carbocycles. The van der Waals surface area contributed by atoms with Gasteiger partial charge in [0.05, 0.1) is 25.8 Å². The number of amides is 2. The van der Waals surface area contributed by atoms with Crippen molar-refractivity contribution < 1.29 is 14.0 Å². The summed E-state index contributed by atoms with van der Waals surface area (Å²) in [6.45, 7) is 0.335. The molecule has 128 valence electrons. The molecule has 0 saturated carbocycles. The van der Waals surface area contributed by atoms with Crippen molar-refractivity contribution in [3.63, 3.8) is 0 Å². The second-order valence-corrected chi connectivity index (χ2v) is 5.92. The molecule has 0 atom stereocenters. The summed E-state index contributed by atoms with van der Waals surface area (Å²) in [7, 11) is 1.64. The fourth-order valence-corrected chi connectivity index (χ4v) is 2.70. The third kappa shape index (κ3) is 4.26. The normalized spacial score (nSPS) is 10.6. The molecular formula is C20H20N2O3. The van der Waals surface area contributed by atoms with Gasteiger partial charge in [-0.1, -0.05) is 42.5 Å². The summed E-state index contributed by atoms with van der Waals surface area (Å²) >= 11 is 0. The van der Waals surface area contributed by atoms with Crippen molar-refractivity contribution in [3.8, 4) is 0 Å². The Bertz CT molecular complexity index is 866. The van der Waals surface area contributed by atoms with E-state index in [1.807, 2.05) is 42.5 Å². The molecule has 2 aromatic carbocycles. The number of carbonyl (C=O) groups is 2. The van der Waals surface area contributed by atoms with Crippen molar-refractivity contribution in [2.24, 2.45) is 0 Å². The zero-order valence-corrected chi connectivity index (χ0v) is 14.1. The first-order valence-corrected chi connectivity index (χ1v) is 8.13. The van der Waals surface area contributed by atoms with Gasteiger partial charge in [0, 0.05) is 7.05 Å². The van der Waals surface area contributed by atoms with E-state index in [2.05, 4.69) is 5.32 Å². The Balaban J connectivity index is 1.57. The molecule has 0 bridgehead atoms. The summed E-state index contributed by atoms with van der Waals surface area (Å²) in [6.07, 6.45) is 1.82. The highest BCUT2D eigenvalue weighted by atomic mass is 16.3. The van der Waals surface area contributed by atoms with E-state index in [1.165, 1.54) is 4.90 Å². The number of fused-ring (bicyclic) bond motifs is 1. The van der Waals surface area contributed by atoms with Gasteiger partial charge in [-0.25, -0.2) is 0 Å². The Morgan fingerprint density at radius 1 is 1.04 bits per heavy atom. The number of furan rings is 1. The molecule has 0 saturated heterocycles. The average molecular weight is 336 g/mol. The van der Waals surface area contributed by atoms with Crippen LogP contribution in [0.1, 0.15) is 11.3 Å². The summed E-state index contributed by atoms with van der Waals surface area (Å²) in [5.41, 5.74) is 0.964. The van der Waals surface area contributed by atoms with E-state index >= 15 is 0 Å². The minimum Gasteiger partial charge on any atom is -0.467 e. The molecule has 0 radical (unpaired) electrons. The van der Waals surface area contributed by atoms with Crippen molar-refractivity contribution in [1.82, 2.24) is 10.2 Å². The molecular weight excluding hydrogens is 316 g/mol. The molecule has 1 N–H and O–H groups in total. The van der Waals surface area contributed by atoms with E-state index in [1.54, 1.807) is 25.4 Å². The summed E-state index contributed by atoms with van der Waals surface area (Å²) < 4.78 is 5.16. The van der Waals surface area contributed by atoms with Crippen molar-refractivity contribution in [2.75, 3.05) is 13.6 Å². The highest BCUT2D eigenvalue weighted by Gasteiger charge is 2.14. The summed E-state index contributed by atoms with van der Waals surface area (Å²) in [5, 5.41) is 4.91. The molecule has 1 aromatic heterocycles. The maximum Gasteiger partial charge on any atom is 0.239 e. The monoisotopic (exact) mass is 336 g/mol.